The van der Waals surface area contributed by atoms with E-state index in [1.165, 1.54) is 30.5 Å². The second-order valence-corrected chi connectivity index (χ2v) is 6.75. The standard InChI is InChI=1S/C18H11BrClN3O5/c19-15-8-11(23(26)27)2-4-13(15)17-6-3-12(28-17)9-21-22-10-1-5-16(20)14(7-10)18(24)25/h1-9,22H,(H,24,25)/b21-9+. The number of nitrogens with zero attached hydrogens (tertiary/aromatic N) is 2. The van der Waals surface area contributed by atoms with Crippen molar-refractivity contribution in [2.75, 3.05) is 5.43 Å². The number of hydrazone groups is 1. The Morgan fingerprint density at radius 3 is 2.71 bits per heavy atom. The lowest BCUT2D eigenvalue weighted by molar-refractivity contribution is -0.384. The van der Waals surface area contributed by atoms with Crippen molar-refractivity contribution in [3.8, 4) is 11.3 Å². The van der Waals surface area contributed by atoms with E-state index >= 15 is 0 Å². The van der Waals surface area contributed by atoms with Crippen LogP contribution >= 0.6 is 27.5 Å². The van der Waals surface area contributed by atoms with Gasteiger partial charge in [0.15, 0.2) is 0 Å². The number of carboxylic acids is 1. The highest BCUT2D eigenvalue weighted by Crippen LogP contribution is 2.32. The zero-order valence-electron chi connectivity index (χ0n) is 13.9. The van der Waals surface area contributed by atoms with Gasteiger partial charge in [-0.2, -0.15) is 5.10 Å². The van der Waals surface area contributed by atoms with Crippen molar-refractivity contribution in [3.63, 3.8) is 0 Å². The Labute approximate surface area is 171 Å². The van der Waals surface area contributed by atoms with E-state index in [1.807, 2.05) is 0 Å². The van der Waals surface area contributed by atoms with Gasteiger partial charge in [0.2, 0.25) is 0 Å². The summed E-state index contributed by atoms with van der Waals surface area (Å²) in [6.45, 7) is 0. The fourth-order valence-corrected chi connectivity index (χ4v) is 3.07. The molecule has 2 aromatic carbocycles. The quantitative estimate of drug-likeness (QED) is 0.286. The van der Waals surface area contributed by atoms with Crippen LogP contribution in [0.2, 0.25) is 5.02 Å². The molecule has 142 valence electrons. The smallest absolute Gasteiger partial charge is 0.337 e. The van der Waals surface area contributed by atoms with Gasteiger partial charge in [0, 0.05) is 22.2 Å². The molecule has 0 aliphatic heterocycles. The molecule has 1 aromatic heterocycles. The summed E-state index contributed by atoms with van der Waals surface area (Å²) < 4.78 is 6.19. The summed E-state index contributed by atoms with van der Waals surface area (Å²) in [5, 5.41) is 24.0. The SMILES string of the molecule is O=C(O)c1cc(N/N=C/c2ccc(-c3ccc([N+](=O)[O-])cc3Br)o2)ccc1Cl. The summed E-state index contributed by atoms with van der Waals surface area (Å²) >= 11 is 9.12. The van der Waals surface area contributed by atoms with Crippen LogP contribution in [-0.4, -0.2) is 22.2 Å². The molecule has 3 rings (SSSR count). The highest BCUT2D eigenvalue weighted by atomic mass is 79.9. The normalized spacial score (nSPS) is 10.9. The van der Waals surface area contributed by atoms with E-state index in [9.17, 15) is 14.9 Å². The van der Waals surface area contributed by atoms with Crippen LogP contribution in [0.15, 0.2) is 62.5 Å². The minimum atomic E-state index is -1.14. The molecule has 0 aliphatic carbocycles. The first-order valence-electron chi connectivity index (χ1n) is 7.71. The average molecular weight is 465 g/mol. The van der Waals surface area contributed by atoms with Crippen LogP contribution in [0.1, 0.15) is 16.1 Å². The Balaban J connectivity index is 1.74. The molecule has 0 saturated heterocycles. The number of rotatable bonds is 6. The molecule has 0 aliphatic rings. The molecule has 0 saturated carbocycles. The third kappa shape index (κ3) is 4.38. The Morgan fingerprint density at radius 2 is 2.04 bits per heavy atom. The molecule has 0 bridgehead atoms. The molecule has 1 heterocycles. The van der Waals surface area contributed by atoms with Crippen LogP contribution in [0.25, 0.3) is 11.3 Å². The Bertz CT molecular complexity index is 1100. The summed E-state index contributed by atoms with van der Waals surface area (Å²) in [5.41, 5.74) is 3.73. The van der Waals surface area contributed by atoms with E-state index in [1.54, 1.807) is 24.3 Å². The van der Waals surface area contributed by atoms with Crippen molar-refractivity contribution in [1.82, 2.24) is 0 Å². The summed E-state index contributed by atoms with van der Waals surface area (Å²) in [6.07, 6.45) is 1.41. The van der Waals surface area contributed by atoms with Crippen LogP contribution in [0.4, 0.5) is 11.4 Å². The first-order valence-corrected chi connectivity index (χ1v) is 8.88. The maximum absolute atomic E-state index is 11.1. The zero-order chi connectivity index (χ0) is 20.3. The number of carbonyl (C=O) groups is 1. The second kappa shape index (κ2) is 8.24. The predicted molar refractivity (Wildman–Crippen MR) is 108 cm³/mol. The third-order valence-electron chi connectivity index (χ3n) is 3.64. The molecule has 2 N–H and O–H groups in total. The van der Waals surface area contributed by atoms with Crippen LogP contribution in [0.3, 0.4) is 0 Å². The number of aromatic carboxylic acids is 1. The van der Waals surface area contributed by atoms with Crippen molar-refractivity contribution in [2.24, 2.45) is 5.10 Å². The molecule has 0 fully saturated rings. The number of nitrogens with one attached hydrogen (secondary N) is 1. The number of anilines is 1. The summed E-state index contributed by atoms with van der Waals surface area (Å²) in [7, 11) is 0. The fraction of sp³-hybridized carbons (Fsp3) is 0. The molecule has 3 aromatic rings. The van der Waals surface area contributed by atoms with Crippen LogP contribution in [0.5, 0.6) is 0 Å². The van der Waals surface area contributed by atoms with Gasteiger partial charge in [-0.25, -0.2) is 4.79 Å². The number of carboxylic acid groups (broad SMARTS) is 1. The first-order chi connectivity index (χ1) is 13.3. The lowest BCUT2D eigenvalue weighted by Gasteiger charge is -2.03. The molecule has 0 radical (unpaired) electrons. The first kappa shape index (κ1) is 19.6. The van der Waals surface area contributed by atoms with Gasteiger partial charge >= 0.3 is 5.97 Å². The van der Waals surface area contributed by atoms with E-state index in [0.717, 1.165) is 0 Å². The molecular formula is C18H11BrClN3O5. The maximum Gasteiger partial charge on any atom is 0.337 e. The lowest BCUT2D eigenvalue weighted by atomic mass is 10.1. The van der Waals surface area contributed by atoms with Crippen molar-refractivity contribution in [1.29, 1.82) is 0 Å². The number of hydrogen-bond acceptors (Lipinski definition) is 6. The van der Waals surface area contributed by atoms with Gasteiger partial charge in [-0.15, -0.1) is 0 Å². The second-order valence-electron chi connectivity index (χ2n) is 5.49. The maximum atomic E-state index is 11.1. The van der Waals surface area contributed by atoms with Crippen molar-refractivity contribution in [3.05, 3.63) is 79.5 Å². The fourth-order valence-electron chi connectivity index (χ4n) is 2.31. The topological polar surface area (TPSA) is 118 Å². The largest absolute Gasteiger partial charge is 0.478 e. The van der Waals surface area contributed by atoms with Gasteiger partial charge in [0.05, 0.1) is 27.4 Å². The molecule has 0 atom stereocenters. The number of nitro groups is 1. The number of nitro benzene ring substituents is 1. The molecule has 28 heavy (non-hydrogen) atoms. The molecule has 8 nitrogen and oxygen atoms in total. The van der Waals surface area contributed by atoms with E-state index in [0.29, 0.717) is 27.2 Å². The number of benzene rings is 2. The molecule has 10 heteroatoms. The van der Waals surface area contributed by atoms with E-state index < -0.39 is 10.9 Å². The minimum Gasteiger partial charge on any atom is -0.478 e. The number of hydrogen-bond donors (Lipinski definition) is 2. The van der Waals surface area contributed by atoms with Crippen LogP contribution in [0, 0.1) is 10.1 Å². The van der Waals surface area contributed by atoms with Crippen molar-refractivity contribution in [2.45, 2.75) is 0 Å². The van der Waals surface area contributed by atoms with Gasteiger partial charge < -0.3 is 9.52 Å². The number of non-ortho nitro benzene ring substituents is 1. The van der Waals surface area contributed by atoms with Gasteiger partial charge in [0.25, 0.3) is 5.69 Å². The van der Waals surface area contributed by atoms with Crippen molar-refractivity contribution < 1.29 is 19.2 Å². The van der Waals surface area contributed by atoms with Crippen molar-refractivity contribution >= 4 is 51.1 Å². The average Bonchev–Trinajstić information content (AvgIpc) is 3.11. The molecule has 0 spiro atoms. The van der Waals surface area contributed by atoms with Gasteiger partial charge in [-0.3, -0.25) is 15.5 Å². The van der Waals surface area contributed by atoms with E-state index in [-0.39, 0.29) is 16.3 Å². The zero-order valence-corrected chi connectivity index (χ0v) is 16.3. The highest BCUT2D eigenvalue weighted by molar-refractivity contribution is 9.10. The summed E-state index contributed by atoms with van der Waals surface area (Å²) in [5.74, 6) is -0.204. The number of furan rings is 1. The summed E-state index contributed by atoms with van der Waals surface area (Å²) in [6, 6.07) is 12.2. The van der Waals surface area contributed by atoms with E-state index in [4.69, 9.17) is 21.1 Å². The highest BCUT2D eigenvalue weighted by Gasteiger charge is 2.13. The van der Waals surface area contributed by atoms with Crippen LogP contribution in [-0.2, 0) is 0 Å². The molecule has 0 unspecified atom stereocenters. The minimum absolute atomic E-state index is 0.0307. The lowest BCUT2D eigenvalue weighted by Crippen LogP contribution is -1.99. The van der Waals surface area contributed by atoms with E-state index in [2.05, 4.69) is 26.5 Å². The predicted octanol–water partition coefficient (Wildman–Crippen LogP) is 5.41. The third-order valence-corrected chi connectivity index (χ3v) is 4.62. The molecular weight excluding hydrogens is 454 g/mol. The monoisotopic (exact) mass is 463 g/mol. The Kier molecular flexibility index (Phi) is 5.76. The van der Waals surface area contributed by atoms with Gasteiger partial charge in [-0.05, 0) is 52.3 Å². The van der Waals surface area contributed by atoms with Gasteiger partial charge in [-0.1, -0.05) is 11.6 Å². The van der Waals surface area contributed by atoms with Gasteiger partial charge in [0.1, 0.15) is 11.5 Å². The number of halogens is 2. The Morgan fingerprint density at radius 1 is 1.25 bits per heavy atom. The summed E-state index contributed by atoms with van der Waals surface area (Å²) in [4.78, 5) is 21.4. The van der Waals surface area contributed by atoms with Crippen LogP contribution < -0.4 is 5.43 Å². The Hall–Kier alpha value is -3.17. The molecule has 0 amide bonds.